The molecule has 0 aromatic heterocycles. The third-order valence-corrected chi connectivity index (χ3v) is 5.16. The van der Waals surface area contributed by atoms with Gasteiger partial charge in [0.15, 0.2) is 6.61 Å². The topological polar surface area (TPSA) is 108 Å². The number of nitrogens with one attached hydrogen (secondary N) is 2. The molecule has 1 aliphatic heterocycles. The first kappa shape index (κ1) is 23.3. The molecule has 3 N–H and O–H groups in total. The number of benzene rings is 2. The smallest absolute Gasteiger partial charge is 0.408 e. The molecular formula is C21H20ClF2N3O5. The van der Waals surface area contributed by atoms with Gasteiger partial charge >= 0.3 is 6.09 Å². The molecule has 3 amide bonds. The van der Waals surface area contributed by atoms with Gasteiger partial charge in [-0.05, 0) is 43.2 Å². The largest absolute Gasteiger partial charge is 0.484 e. The third-order valence-electron chi connectivity index (χ3n) is 4.85. The fourth-order valence-electron chi connectivity index (χ4n) is 3.35. The second-order valence-electron chi connectivity index (χ2n) is 7.16. The van der Waals surface area contributed by atoms with Gasteiger partial charge in [-0.15, -0.1) is 0 Å². The lowest BCUT2D eigenvalue weighted by molar-refractivity contribution is -0.125. The summed E-state index contributed by atoms with van der Waals surface area (Å²) in [6, 6.07) is 7.49. The van der Waals surface area contributed by atoms with Crippen LogP contribution in [0.15, 0.2) is 42.5 Å². The number of ether oxygens (including phenoxy) is 1. The van der Waals surface area contributed by atoms with Crippen LogP contribution in [0.3, 0.4) is 0 Å². The van der Waals surface area contributed by atoms with Gasteiger partial charge in [-0.25, -0.2) is 13.6 Å². The maximum Gasteiger partial charge on any atom is 0.408 e. The van der Waals surface area contributed by atoms with Gasteiger partial charge < -0.3 is 20.5 Å². The van der Waals surface area contributed by atoms with Crippen molar-refractivity contribution in [2.24, 2.45) is 0 Å². The molecule has 3 rings (SSSR count). The molecule has 1 aliphatic rings. The van der Waals surface area contributed by atoms with Gasteiger partial charge in [-0.2, -0.15) is 0 Å². The van der Waals surface area contributed by atoms with Crippen LogP contribution in [-0.2, 0) is 9.59 Å². The lowest BCUT2D eigenvalue weighted by atomic mass is 9.97. The van der Waals surface area contributed by atoms with Crippen molar-refractivity contribution in [1.29, 1.82) is 0 Å². The number of carbonyl (C=O) groups excluding carboxylic acids is 2. The first-order valence-electron chi connectivity index (χ1n) is 9.66. The zero-order chi connectivity index (χ0) is 23.3. The molecule has 0 radical (unpaired) electrons. The number of piperidine rings is 1. The molecule has 1 saturated heterocycles. The molecule has 0 unspecified atom stereocenters. The highest BCUT2D eigenvalue weighted by molar-refractivity contribution is 6.30. The summed E-state index contributed by atoms with van der Waals surface area (Å²) in [4.78, 5) is 37.3. The van der Waals surface area contributed by atoms with Gasteiger partial charge in [0.05, 0.1) is 5.02 Å². The Morgan fingerprint density at radius 3 is 2.62 bits per heavy atom. The van der Waals surface area contributed by atoms with Gasteiger partial charge in [-0.1, -0.05) is 17.7 Å². The van der Waals surface area contributed by atoms with Crippen LogP contribution in [-0.4, -0.2) is 53.1 Å². The van der Waals surface area contributed by atoms with E-state index in [9.17, 15) is 28.3 Å². The van der Waals surface area contributed by atoms with Crippen molar-refractivity contribution in [2.45, 2.75) is 24.9 Å². The van der Waals surface area contributed by atoms with Gasteiger partial charge in [0.2, 0.25) is 5.91 Å². The standard InChI is InChI=1S/C21H20ClF2N3O5/c22-16-6-5-15(9-17(16)24)32-11-19(28)25-14-4-7-18(27(10-14)21(30)31)20(29)26-13-3-1-2-12(23)8-13/h1-3,5-6,8-9,14,18H,4,7,10-11H2,(H,25,28)(H,26,29)(H,30,31)/t14-,18+/m0/s1. The van der Waals surface area contributed by atoms with Crippen molar-refractivity contribution in [3.05, 3.63) is 59.1 Å². The Bertz CT molecular complexity index is 1020. The van der Waals surface area contributed by atoms with E-state index in [-0.39, 0.29) is 29.4 Å². The fourth-order valence-corrected chi connectivity index (χ4v) is 3.47. The summed E-state index contributed by atoms with van der Waals surface area (Å²) in [6.07, 6.45) is -0.829. The molecule has 170 valence electrons. The SMILES string of the molecule is O=C(COc1ccc(Cl)c(F)c1)N[C@H]1CC[C@H](C(=O)Nc2cccc(F)c2)N(C(=O)O)C1. The highest BCUT2D eigenvalue weighted by atomic mass is 35.5. The molecule has 2 atom stereocenters. The molecular weight excluding hydrogens is 448 g/mol. The lowest BCUT2D eigenvalue weighted by Crippen LogP contribution is -2.57. The molecule has 32 heavy (non-hydrogen) atoms. The predicted molar refractivity (Wildman–Crippen MR) is 112 cm³/mol. The molecule has 2 aromatic carbocycles. The van der Waals surface area contributed by atoms with Crippen molar-refractivity contribution in [2.75, 3.05) is 18.5 Å². The van der Waals surface area contributed by atoms with E-state index in [1.165, 1.54) is 30.3 Å². The first-order chi connectivity index (χ1) is 15.2. The van der Waals surface area contributed by atoms with E-state index < -0.39 is 48.2 Å². The molecule has 1 fully saturated rings. The summed E-state index contributed by atoms with van der Waals surface area (Å²) in [5.74, 6) is -2.22. The lowest BCUT2D eigenvalue weighted by Gasteiger charge is -2.37. The van der Waals surface area contributed by atoms with Crippen LogP contribution in [0.1, 0.15) is 12.8 Å². The van der Waals surface area contributed by atoms with E-state index in [1.807, 2.05) is 0 Å². The van der Waals surface area contributed by atoms with E-state index in [4.69, 9.17) is 16.3 Å². The van der Waals surface area contributed by atoms with Crippen molar-refractivity contribution in [3.63, 3.8) is 0 Å². The second kappa shape index (κ2) is 10.3. The fraction of sp³-hybridized carbons (Fsp3) is 0.286. The van der Waals surface area contributed by atoms with Crippen molar-refractivity contribution >= 4 is 35.2 Å². The Morgan fingerprint density at radius 2 is 1.94 bits per heavy atom. The molecule has 0 saturated carbocycles. The van der Waals surface area contributed by atoms with Crippen molar-refractivity contribution < 1.29 is 33.0 Å². The van der Waals surface area contributed by atoms with Crippen molar-refractivity contribution in [1.82, 2.24) is 10.2 Å². The van der Waals surface area contributed by atoms with Crippen LogP contribution in [0.4, 0.5) is 19.3 Å². The number of carbonyl (C=O) groups is 3. The Hall–Kier alpha value is -3.40. The minimum absolute atomic E-state index is 0.0752. The van der Waals surface area contributed by atoms with Gasteiger partial charge in [-0.3, -0.25) is 14.5 Å². The van der Waals surface area contributed by atoms with Crippen LogP contribution >= 0.6 is 11.6 Å². The molecule has 1 heterocycles. The summed E-state index contributed by atoms with van der Waals surface area (Å²) < 4.78 is 32.0. The Labute approximate surface area is 187 Å². The van der Waals surface area contributed by atoms with Crippen LogP contribution in [0.25, 0.3) is 0 Å². The molecule has 0 aliphatic carbocycles. The highest BCUT2D eigenvalue weighted by Crippen LogP contribution is 2.22. The van der Waals surface area contributed by atoms with E-state index >= 15 is 0 Å². The van der Waals surface area contributed by atoms with E-state index in [2.05, 4.69) is 10.6 Å². The number of amides is 3. The molecule has 11 heteroatoms. The van der Waals surface area contributed by atoms with Gasteiger partial charge in [0, 0.05) is 24.3 Å². The van der Waals surface area contributed by atoms with E-state index in [0.717, 1.165) is 17.0 Å². The average molecular weight is 468 g/mol. The predicted octanol–water partition coefficient (Wildman–Crippen LogP) is 3.26. The third kappa shape index (κ3) is 6.07. The second-order valence-corrected chi connectivity index (χ2v) is 7.56. The van der Waals surface area contributed by atoms with Crippen LogP contribution < -0.4 is 15.4 Å². The monoisotopic (exact) mass is 467 g/mol. The maximum atomic E-state index is 13.4. The number of hydrogen-bond acceptors (Lipinski definition) is 4. The number of rotatable bonds is 6. The van der Waals surface area contributed by atoms with Gasteiger partial charge in [0.25, 0.3) is 5.91 Å². The number of nitrogens with zero attached hydrogens (tertiary/aromatic N) is 1. The molecule has 8 nitrogen and oxygen atoms in total. The Balaban J connectivity index is 1.54. The van der Waals surface area contributed by atoms with Gasteiger partial charge in [0.1, 0.15) is 23.4 Å². The quantitative estimate of drug-likeness (QED) is 0.604. The summed E-state index contributed by atoms with van der Waals surface area (Å²) in [6.45, 7) is -0.522. The average Bonchev–Trinajstić information content (AvgIpc) is 2.74. The number of likely N-dealkylation sites (tertiary alicyclic amines) is 1. The normalized spacial score (nSPS) is 18.0. The summed E-state index contributed by atoms with van der Waals surface area (Å²) >= 11 is 5.59. The summed E-state index contributed by atoms with van der Waals surface area (Å²) in [7, 11) is 0. The minimum atomic E-state index is -1.32. The number of anilines is 1. The van der Waals surface area contributed by atoms with Crippen LogP contribution in [0, 0.1) is 11.6 Å². The number of carboxylic acid groups (broad SMARTS) is 1. The van der Waals surface area contributed by atoms with Crippen LogP contribution in [0.2, 0.25) is 5.02 Å². The highest BCUT2D eigenvalue weighted by Gasteiger charge is 2.36. The number of halogens is 3. The summed E-state index contributed by atoms with van der Waals surface area (Å²) in [5, 5.41) is 14.6. The Morgan fingerprint density at radius 1 is 1.16 bits per heavy atom. The Kier molecular flexibility index (Phi) is 7.47. The zero-order valence-corrected chi connectivity index (χ0v) is 17.4. The first-order valence-corrected chi connectivity index (χ1v) is 10.0. The molecule has 0 spiro atoms. The molecule has 0 bridgehead atoms. The zero-order valence-electron chi connectivity index (χ0n) is 16.7. The number of hydrogen-bond donors (Lipinski definition) is 3. The maximum absolute atomic E-state index is 13.4. The molecule has 2 aromatic rings. The van der Waals surface area contributed by atoms with E-state index in [0.29, 0.717) is 6.42 Å². The van der Waals surface area contributed by atoms with Crippen molar-refractivity contribution in [3.8, 4) is 5.75 Å². The van der Waals surface area contributed by atoms with E-state index in [1.54, 1.807) is 0 Å². The summed E-state index contributed by atoms with van der Waals surface area (Å²) in [5.41, 5.74) is 0.214. The minimum Gasteiger partial charge on any atom is -0.484 e. The van der Waals surface area contributed by atoms with Crippen LogP contribution in [0.5, 0.6) is 5.75 Å².